The van der Waals surface area contributed by atoms with E-state index in [1.807, 2.05) is 48.5 Å². The quantitative estimate of drug-likeness (QED) is 0.132. The van der Waals surface area contributed by atoms with E-state index in [9.17, 15) is 40.2 Å². The van der Waals surface area contributed by atoms with Gasteiger partial charge in [-0.25, -0.2) is 0 Å². The Morgan fingerprint density at radius 1 is 0.918 bits per heavy atom. The van der Waals surface area contributed by atoms with E-state index in [2.05, 4.69) is 0 Å². The molecule has 0 aromatic carbocycles. The van der Waals surface area contributed by atoms with E-state index in [1.54, 1.807) is 27.7 Å². The number of carboxylic acids is 1. The van der Waals surface area contributed by atoms with Crippen molar-refractivity contribution in [2.75, 3.05) is 0 Å². The third-order valence-corrected chi connectivity index (χ3v) is 13.1. The zero-order valence-electron chi connectivity index (χ0n) is 31.9. The van der Waals surface area contributed by atoms with Gasteiger partial charge in [-0.15, -0.1) is 0 Å². The van der Waals surface area contributed by atoms with Crippen LogP contribution in [0.4, 0.5) is 0 Å². The zero-order chi connectivity index (χ0) is 37.4. The topological polar surface area (TPSA) is 183 Å². The maximum Gasteiger partial charge on any atom is 0.311 e. The van der Waals surface area contributed by atoms with Gasteiger partial charge in [0, 0.05) is 35.5 Å². The normalized spacial score (nSPS) is 43.5. The van der Waals surface area contributed by atoms with Crippen molar-refractivity contribution in [1.82, 2.24) is 0 Å². The smallest absolute Gasteiger partial charge is 0.311 e. The highest BCUT2D eigenvalue weighted by molar-refractivity contribution is 5.84. The summed E-state index contributed by atoms with van der Waals surface area (Å²) in [4.78, 5) is 26.4. The first-order valence-electron chi connectivity index (χ1n) is 19.0. The number of hydrogen-bond acceptors (Lipinski definition) is 10. The monoisotopic (exact) mass is 700 g/mol. The number of aliphatic carboxylic acids is 1. The largest absolute Gasteiger partial charge is 0.481 e. The van der Waals surface area contributed by atoms with Crippen LogP contribution in [0, 0.1) is 47.3 Å². The summed E-state index contributed by atoms with van der Waals surface area (Å²) in [5.41, 5.74) is -2.05. The van der Waals surface area contributed by atoms with Crippen LogP contribution in [0.15, 0.2) is 0 Å². The summed E-state index contributed by atoms with van der Waals surface area (Å²) in [5, 5.41) is 67.8. The number of hydrogen-bond donors (Lipinski definition) is 6. The highest BCUT2D eigenvalue weighted by Crippen LogP contribution is 2.56. The Hall–Kier alpha value is -1.18. The summed E-state index contributed by atoms with van der Waals surface area (Å²) >= 11 is 0. The molecule has 0 aromatic heterocycles. The number of ketones is 1. The lowest BCUT2D eigenvalue weighted by molar-refractivity contribution is -0.348. The van der Waals surface area contributed by atoms with Crippen molar-refractivity contribution in [2.45, 2.75) is 181 Å². The molecule has 3 heterocycles. The summed E-state index contributed by atoms with van der Waals surface area (Å²) in [6, 6.07) is 0. The Labute approximate surface area is 294 Å². The van der Waals surface area contributed by atoms with Crippen LogP contribution in [0.25, 0.3) is 0 Å². The molecular formula is C38H68O11. The van der Waals surface area contributed by atoms with Crippen molar-refractivity contribution in [3.63, 3.8) is 0 Å². The molecule has 6 N–H and O–H groups in total. The van der Waals surface area contributed by atoms with Crippen molar-refractivity contribution in [1.29, 1.82) is 0 Å². The molecule has 3 rings (SSSR count). The lowest BCUT2D eigenvalue weighted by atomic mass is 9.69. The molecule has 0 aliphatic carbocycles. The van der Waals surface area contributed by atoms with Crippen LogP contribution in [-0.2, 0) is 23.8 Å². The maximum absolute atomic E-state index is 14.3. The predicted molar refractivity (Wildman–Crippen MR) is 184 cm³/mol. The lowest BCUT2D eigenvalue weighted by Crippen LogP contribution is -2.64. The molecule has 0 bridgehead atoms. The van der Waals surface area contributed by atoms with Crippen LogP contribution in [0.2, 0.25) is 0 Å². The van der Waals surface area contributed by atoms with Gasteiger partial charge in [-0.1, -0.05) is 75.7 Å². The van der Waals surface area contributed by atoms with Crippen LogP contribution in [0.3, 0.4) is 0 Å². The Balaban J connectivity index is 1.85. The van der Waals surface area contributed by atoms with Gasteiger partial charge in [-0.05, 0) is 57.8 Å². The van der Waals surface area contributed by atoms with Gasteiger partial charge in [0.2, 0.25) is 0 Å². The second-order valence-corrected chi connectivity index (χ2v) is 16.2. The molecule has 3 aliphatic heterocycles. The second-order valence-electron chi connectivity index (χ2n) is 16.2. The average Bonchev–Trinajstić information content (AvgIpc) is 3.52. The molecule has 49 heavy (non-hydrogen) atoms. The molecule has 3 aliphatic rings. The van der Waals surface area contributed by atoms with Gasteiger partial charge in [0.1, 0.15) is 17.3 Å². The summed E-state index contributed by atoms with van der Waals surface area (Å²) in [6.45, 7) is 20.0. The number of Topliss-reactive ketones (excluding diaryl/α,β-unsaturated/α-hetero) is 1. The minimum atomic E-state index is -2.16. The molecule has 11 nitrogen and oxygen atoms in total. The number of rotatable bonds is 16. The number of aliphatic hydroxyl groups is 5. The maximum atomic E-state index is 14.3. The Morgan fingerprint density at radius 3 is 2.02 bits per heavy atom. The molecule has 0 amide bonds. The summed E-state index contributed by atoms with van der Waals surface area (Å²) in [5.74, 6) is -10.7. The number of carbonyl (C=O) groups excluding carboxylic acids is 1. The van der Waals surface area contributed by atoms with Crippen LogP contribution in [0.1, 0.15) is 128 Å². The lowest BCUT2D eigenvalue weighted by Gasteiger charge is -2.52. The van der Waals surface area contributed by atoms with Gasteiger partial charge >= 0.3 is 5.97 Å². The first-order valence-corrected chi connectivity index (χ1v) is 19.0. The predicted octanol–water partition coefficient (Wildman–Crippen LogP) is 4.67. The molecule has 0 radical (unpaired) electrons. The van der Waals surface area contributed by atoms with Crippen LogP contribution in [0.5, 0.6) is 0 Å². The molecule has 286 valence electrons. The van der Waals surface area contributed by atoms with Gasteiger partial charge < -0.3 is 44.8 Å². The Kier molecular flexibility index (Phi) is 13.6. The average molecular weight is 701 g/mol. The number of aliphatic hydroxyl groups excluding tert-OH is 3. The highest BCUT2D eigenvalue weighted by Gasteiger charge is 2.67. The minimum Gasteiger partial charge on any atom is -0.481 e. The Morgan fingerprint density at radius 2 is 1.53 bits per heavy atom. The molecule has 0 saturated carbocycles. The van der Waals surface area contributed by atoms with Gasteiger partial charge in [0.25, 0.3) is 0 Å². The van der Waals surface area contributed by atoms with Crippen molar-refractivity contribution >= 4 is 11.8 Å². The van der Waals surface area contributed by atoms with E-state index in [-0.39, 0.29) is 24.0 Å². The molecule has 3 fully saturated rings. The van der Waals surface area contributed by atoms with E-state index >= 15 is 0 Å². The van der Waals surface area contributed by atoms with E-state index in [1.165, 1.54) is 0 Å². The molecule has 0 unspecified atom stereocenters. The zero-order valence-corrected chi connectivity index (χ0v) is 31.9. The number of carboxylic acid groups (broad SMARTS) is 1. The third-order valence-electron chi connectivity index (χ3n) is 13.1. The summed E-state index contributed by atoms with van der Waals surface area (Å²) in [7, 11) is 0. The fourth-order valence-corrected chi connectivity index (χ4v) is 9.82. The molecule has 3 saturated heterocycles. The first kappa shape index (κ1) is 42.2. The summed E-state index contributed by atoms with van der Waals surface area (Å²) in [6.07, 6.45) is -0.779. The van der Waals surface area contributed by atoms with E-state index in [0.717, 1.165) is 6.42 Å². The third kappa shape index (κ3) is 7.26. The van der Waals surface area contributed by atoms with Crippen molar-refractivity contribution in [3.05, 3.63) is 0 Å². The first-order chi connectivity index (χ1) is 22.7. The van der Waals surface area contributed by atoms with Gasteiger partial charge in [-0.3, -0.25) is 9.59 Å². The standard InChI is InChI=1S/C38H68O11/c1-12-17-28(39)36(16-5)19-21(7)38(46,49-36)35(11)18-20(6)32(47-35)25(13-2)30(41)22(8)29(40)23(9)33-26(14-3)31(42)24(10)37(45,48-33)27(15-4)34(43)44/h20-29,31-33,39-40,42,45-46H,12-19H2,1-11H3,(H,43,44)/t20-,21-,22+,23-,24+,25+,26-,27+,28-,29-,31-,32+,33-,35-,36-,37-,38+/m0/s1. The van der Waals surface area contributed by atoms with E-state index in [4.69, 9.17) is 14.2 Å². The molecule has 17 atom stereocenters. The molecule has 0 spiro atoms. The van der Waals surface area contributed by atoms with Gasteiger partial charge in [-0.2, -0.15) is 0 Å². The Bertz CT molecular complexity index is 1130. The second kappa shape index (κ2) is 15.8. The molecule has 11 heteroatoms. The number of carbonyl (C=O) groups is 2. The van der Waals surface area contributed by atoms with Crippen molar-refractivity contribution in [3.8, 4) is 0 Å². The number of ether oxygens (including phenoxy) is 3. The van der Waals surface area contributed by atoms with Crippen LogP contribution < -0.4 is 0 Å². The SMILES string of the molecule is CCC[C@H](O)[C@]1(CC)C[C@H](C)[C@](O)([C@]2(C)C[C@H](C)[C@H]([C@H](CC)C(=O)[C@H](C)[C@H](O)[C@H](C)[C@@H]3O[C@](O)([C@H](CC)C(=O)O)[C@H](C)[C@H](O)[C@@H]3CC)O2)O1. The van der Waals surface area contributed by atoms with E-state index < -0.39 is 94.8 Å². The highest BCUT2D eigenvalue weighted by atomic mass is 16.7. The summed E-state index contributed by atoms with van der Waals surface area (Å²) < 4.78 is 19.4. The minimum absolute atomic E-state index is 0.0760. The van der Waals surface area contributed by atoms with Crippen LogP contribution >= 0.6 is 0 Å². The van der Waals surface area contributed by atoms with Crippen LogP contribution in [-0.4, -0.2) is 95.7 Å². The fraction of sp³-hybridized carbons (Fsp3) is 0.947. The van der Waals surface area contributed by atoms with Crippen molar-refractivity contribution < 1.29 is 54.4 Å². The molecule has 0 aromatic rings. The van der Waals surface area contributed by atoms with Gasteiger partial charge in [0.05, 0.1) is 36.1 Å². The molecular weight excluding hydrogens is 632 g/mol. The fourth-order valence-electron chi connectivity index (χ4n) is 9.82. The van der Waals surface area contributed by atoms with E-state index in [0.29, 0.717) is 38.5 Å². The van der Waals surface area contributed by atoms with Gasteiger partial charge in [0.15, 0.2) is 11.6 Å². The van der Waals surface area contributed by atoms with Crippen molar-refractivity contribution in [2.24, 2.45) is 47.3 Å².